The normalized spacial score (nSPS) is 12.1. The lowest BCUT2D eigenvalue weighted by Crippen LogP contribution is -2.28. The summed E-state index contributed by atoms with van der Waals surface area (Å²) in [5.74, 6) is 0.438. The average molecular weight is 468 g/mol. The Morgan fingerprint density at radius 1 is 1.12 bits per heavy atom. The molecule has 9 nitrogen and oxygen atoms in total. The van der Waals surface area contributed by atoms with E-state index in [0.717, 1.165) is 5.56 Å². The van der Waals surface area contributed by atoms with Crippen molar-refractivity contribution in [1.29, 1.82) is 0 Å². The van der Waals surface area contributed by atoms with Crippen LogP contribution < -0.4 is 10.1 Å². The van der Waals surface area contributed by atoms with Gasteiger partial charge in [0.05, 0.1) is 29.8 Å². The lowest BCUT2D eigenvalue weighted by molar-refractivity contribution is 0.0951. The predicted molar refractivity (Wildman–Crippen MR) is 123 cm³/mol. The number of amides is 1. The first-order valence-corrected chi connectivity index (χ1v) is 11.8. The smallest absolute Gasteiger partial charge is 0.254 e. The largest absolute Gasteiger partial charge is 0.495 e. The van der Waals surface area contributed by atoms with E-state index in [4.69, 9.17) is 4.74 Å². The van der Waals surface area contributed by atoms with Gasteiger partial charge in [-0.05, 0) is 26.3 Å². The highest BCUT2D eigenvalue weighted by atomic mass is 32.2. The molecule has 3 aromatic heterocycles. The molecule has 172 valence electrons. The van der Waals surface area contributed by atoms with Crippen LogP contribution in [0.4, 0.5) is 0 Å². The number of pyridine rings is 1. The Morgan fingerprint density at radius 2 is 1.85 bits per heavy atom. The van der Waals surface area contributed by atoms with E-state index in [1.54, 1.807) is 43.6 Å². The molecule has 0 spiro atoms. The Bertz CT molecular complexity index is 1420. The first kappa shape index (κ1) is 22.5. The first-order valence-electron chi connectivity index (χ1n) is 10.3. The molecule has 0 atom stereocenters. The summed E-state index contributed by atoms with van der Waals surface area (Å²) in [5, 5.41) is 7.14. The van der Waals surface area contributed by atoms with Crippen molar-refractivity contribution in [2.24, 2.45) is 0 Å². The molecule has 0 bridgehead atoms. The van der Waals surface area contributed by atoms with Crippen molar-refractivity contribution in [1.82, 2.24) is 24.5 Å². The minimum Gasteiger partial charge on any atom is -0.495 e. The SMILES string of the molecule is COc1cc2ncc(-n3cc(C(=O)NCc4ccccc4)cn3)n2cc1S(=O)(=O)C(C)(C)C. The number of aromatic nitrogens is 4. The average Bonchev–Trinajstić information content (AvgIpc) is 3.43. The number of fused-ring (bicyclic) bond motifs is 1. The van der Waals surface area contributed by atoms with Gasteiger partial charge in [0.25, 0.3) is 5.91 Å². The highest BCUT2D eigenvalue weighted by Gasteiger charge is 2.34. The van der Waals surface area contributed by atoms with E-state index in [-0.39, 0.29) is 16.6 Å². The van der Waals surface area contributed by atoms with E-state index in [2.05, 4.69) is 15.4 Å². The fraction of sp³-hybridized carbons (Fsp3) is 0.261. The van der Waals surface area contributed by atoms with Gasteiger partial charge >= 0.3 is 0 Å². The van der Waals surface area contributed by atoms with E-state index in [1.165, 1.54) is 24.2 Å². The van der Waals surface area contributed by atoms with E-state index in [0.29, 0.717) is 23.6 Å². The summed E-state index contributed by atoms with van der Waals surface area (Å²) in [5.41, 5.74) is 1.85. The molecule has 10 heteroatoms. The van der Waals surface area contributed by atoms with Gasteiger partial charge in [0, 0.05) is 25.0 Å². The molecule has 1 aromatic carbocycles. The number of methoxy groups -OCH3 is 1. The van der Waals surface area contributed by atoms with Crippen LogP contribution in [0, 0.1) is 0 Å². The molecule has 0 unspecified atom stereocenters. The summed E-state index contributed by atoms with van der Waals surface area (Å²) in [4.78, 5) is 17.0. The first-order chi connectivity index (χ1) is 15.6. The van der Waals surface area contributed by atoms with Crippen LogP contribution in [0.25, 0.3) is 11.5 Å². The van der Waals surface area contributed by atoms with Crippen LogP contribution in [-0.2, 0) is 16.4 Å². The van der Waals surface area contributed by atoms with Gasteiger partial charge in [-0.2, -0.15) is 5.10 Å². The van der Waals surface area contributed by atoms with Gasteiger partial charge < -0.3 is 10.1 Å². The van der Waals surface area contributed by atoms with Crippen LogP contribution in [-0.4, -0.2) is 45.3 Å². The van der Waals surface area contributed by atoms with Crippen LogP contribution >= 0.6 is 0 Å². The van der Waals surface area contributed by atoms with Gasteiger partial charge in [-0.15, -0.1) is 0 Å². The molecule has 0 saturated carbocycles. The van der Waals surface area contributed by atoms with Gasteiger partial charge in [0.1, 0.15) is 16.3 Å². The van der Waals surface area contributed by atoms with E-state index < -0.39 is 14.6 Å². The van der Waals surface area contributed by atoms with E-state index in [9.17, 15) is 13.2 Å². The van der Waals surface area contributed by atoms with Gasteiger partial charge in [0.15, 0.2) is 15.7 Å². The molecule has 0 aliphatic carbocycles. The Kier molecular flexibility index (Phi) is 5.71. The quantitative estimate of drug-likeness (QED) is 0.467. The minimum absolute atomic E-state index is 0.0530. The van der Waals surface area contributed by atoms with Crippen molar-refractivity contribution < 1.29 is 17.9 Å². The number of nitrogens with zero attached hydrogens (tertiary/aromatic N) is 4. The van der Waals surface area contributed by atoms with Crippen molar-refractivity contribution in [2.45, 2.75) is 37.0 Å². The minimum atomic E-state index is -3.70. The fourth-order valence-corrected chi connectivity index (χ4v) is 4.59. The van der Waals surface area contributed by atoms with Crippen molar-refractivity contribution in [3.63, 3.8) is 0 Å². The Morgan fingerprint density at radius 3 is 2.52 bits per heavy atom. The summed E-state index contributed by atoms with van der Waals surface area (Å²) < 4.78 is 33.7. The summed E-state index contributed by atoms with van der Waals surface area (Å²) in [6.07, 6.45) is 6.07. The number of hydrogen-bond acceptors (Lipinski definition) is 6. The molecular weight excluding hydrogens is 442 g/mol. The summed E-state index contributed by atoms with van der Waals surface area (Å²) in [6, 6.07) is 11.2. The van der Waals surface area contributed by atoms with Crippen molar-refractivity contribution in [3.8, 4) is 11.6 Å². The molecule has 1 amide bonds. The molecule has 4 rings (SSSR count). The number of benzene rings is 1. The molecule has 0 fully saturated rings. The lowest BCUT2D eigenvalue weighted by atomic mass is 10.2. The number of nitrogens with one attached hydrogen (secondary N) is 1. The van der Waals surface area contributed by atoms with Crippen LogP contribution in [0.15, 0.2) is 66.1 Å². The third kappa shape index (κ3) is 4.21. The zero-order chi connectivity index (χ0) is 23.8. The molecule has 0 saturated heterocycles. The number of rotatable bonds is 6. The summed E-state index contributed by atoms with van der Waals surface area (Å²) in [7, 11) is -2.28. The lowest BCUT2D eigenvalue weighted by Gasteiger charge is -2.21. The number of sulfone groups is 1. The topological polar surface area (TPSA) is 108 Å². The van der Waals surface area contributed by atoms with Crippen molar-refractivity contribution in [2.75, 3.05) is 7.11 Å². The fourth-order valence-electron chi connectivity index (χ4n) is 3.28. The number of hydrogen-bond donors (Lipinski definition) is 1. The summed E-state index contributed by atoms with van der Waals surface area (Å²) in [6.45, 7) is 5.30. The number of ether oxygens (including phenoxy) is 1. The van der Waals surface area contributed by atoms with Gasteiger partial charge in [-0.3, -0.25) is 9.20 Å². The highest BCUT2D eigenvalue weighted by Crippen LogP contribution is 2.33. The van der Waals surface area contributed by atoms with Crippen molar-refractivity contribution >= 4 is 21.4 Å². The maximum Gasteiger partial charge on any atom is 0.254 e. The van der Waals surface area contributed by atoms with Crippen LogP contribution in [0.3, 0.4) is 0 Å². The molecule has 0 aliphatic rings. The zero-order valence-electron chi connectivity index (χ0n) is 18.8. The monoisotopic (exact) mass is 467 g/mol. The molecule has 4 aromatic rings. The Labute approximate surface area is 191 Å². The third-order valence-electron chi connectivity index (χ3n) is 5.25. The predicted octanol–water partition coefficient (Wildman–Crippen LogP) is 3.03. The Hall–Kier alpha value is -3.66. The maximum absolute atomic E-state index is 13.1. The maximum atomic E-state index is 13.1. The van der Waals surface area contributed by atoms with Crippen LogP contribution in [0.2, 0.25) is 0 Å². The van der Waals surface area contributed by atoms with Crippen LogP contribution in [0.5, 0.6) is 5.75 Å². The zero-order valence-corrected chi connectivity index (χ0v) is 19.6. The number of carbonyl (C=O) groups is 1. The molecule has 1 N–H and O–H groups in total. The van der Waals surface area contributed by atoms with Gasteiger partial charge in [-0.25, -0.2) is 18.1 Å². The number of carbonyl (C=O) groups excluding carboxylic acids is 1. The highest BCUT2D eigenvalue weighted by molar-refractivity contribution is 7.92. The second-order valence-electron chi connectivity index (χ2n) is 8.51. The molecule has 3 heterocycles. The standard InChI is InChI=1S/C23H25N5O4S/c1-23(2,3)33(30,31)19-15-27-20(10-18(19)32-4)24-13-21(27)28-14-17(12-26-28)22(29)25-11-16-8-6-5-7-9-16/h5-10,12-15H,11H2,1-4H3,(H,25,29). The molecule has 0 radical (unpaired) electrons. The van der Waals surface area contributed by atoms with E-state index >= 15 is 0 Å². The van der Waals surface area contributed by atoms with Gasteiger partial charge in [0.2, 0.25) is 0 Å². The van der Waals surface area contributed by atoms with E-state index in [1.807, 2.05) is 30.3 Å². The third-order valence-corrected chi connectivity index (χ3v) is 7.74. The van der Waals surface area contributed by atoms with Gasteiger partial charge in [-0.1, -0.05) is 30.3 Å². The Balaban J connectivity index is 1.68. The molecular formula is C23H25N5O4S. The summed E-state index contributed by atoms with van der Waals surface area (Å²) >= 11 is 0. The number of imidazole rings is 1. The second-order valence-corrected chi connectivity index (χ2v) is 11.2. The second kappa shape index (κ2) is 8.36. The molecule has 33 heavy (non-hydrogen) atoms. The molecule has 0 aliphatic heterocycles. The van der Waals surface area contributed by atoms with Crippen LogP contribution in [0.1, 0.15) is 36.7 Å². The van der Waals surface area contributed by atoms with Crippen molar-refractivity contribution in [3.05, 3.63) is 72.3 Å².